The van der Waals surface area contributed by atoms with E-state index < -0.39 is 4.92 Å². The summed E-state index contributed by atoms with van der Waals surface area (Å²) in [7, 11) is 0. The van der Waals surface area contributed by atoms with Crippen molar-refractivity contribution in [3.63, 3.8) is 0 Å². The van der Waals surface area contributed by atoms with Crippen molar-refractivity contribution >= 4 is 17.3 Å². The first kappa shape index (κ1) is 10.6. The van der Waals surface area contributed by atoms with Crippen LogP contribution < -0.4 is 0 Å². The Morgan fingerprint density at radius 2 is 1.94 bits per heavy atom. The summed E-state index contributed by atoms with van der Waals surface area (Å²) in [4.78, 5) is 14.0. The molecule has 0 saturated carbocycles. The zero-order valence-corrected chi connectivity index (χ0v) is 8.89. The summed E-state index contributed by atoms with van der Waals surface area (Å²) in [5.74, 6) is 0. The highest BCUT2D eigenvalue weighted by molar-refractivity contribution is 6.32. The van der Waals surface area contributed by atoms with Crippen LogP contribution in [0.4, 0.5) is 5.69 Å². The molecule has 4 nitrogen and oxygen atoms in total. The van der Waals surface area contributed by atoms with Crippen LogP contribution in [0.25, 0.3) is 11.3 Å². The zero-order valence-electron chi connectivity index (χ0n) is 8.13. The molecule has 0 fully saturated rings. The van der Waals surface area contributed by atoms with E-state index in [0.29, 0.717) is 5.69 Å². The fraction of sp³-hybridized carbons (Fsp3) is 0. The van der Waals surface area contributed by atoms with Crippen LogP contribution in [0.1, 0.15) is 0 Å². The molecule has 0 amide bonds. The average Bonchev–Trinajstić information content (AvgIpc) is 2.29. The topological polar surface area (TPSA) is 56.0 Å². The van der Waals surface area contributed by atoms with Crippen LogP contribution in [0.15, 0.2) is 42.6 Å². The molecule has 0 bridgehead atoms. The molecule has 2 aromatic rings. The van der Waals surface area contributed by atoms with Gasteiger partial charge in [-0.15, -0.1) is 0 Å². The Kier molecular flexibility index (Phi) is 2.83. The minimum Gasteiger partial charge on any atom is -0.258 e. The number of pyridine rings is 1. The molecular formula is C11H7ClN2O2. The van der Waals surface area contributed by atoms with Crippen molar-refractivity contribution in [1.29, 1.82) is 0 Å². The largest absolute Gasteiger partial charge is 0.306 e. The highest BCUT2D eigenvalue weighted by Crippen LogP contribution is 2.27. The molecule has 1 aromatic heterocycles. The molecule has 0 spiro atoms. The van der Waals surface area contributed by atoms with Crippen molar-refractivity contribution in [2.24, 2.45) is 0 Å². The number of rotatable bonds is 2. The fourth-order valence-electron chi connectivity index (χ4n) is 1.32. The first-order valence-corrected chi connectivity index (χ1v) is 4.91. The molecule has 0 saturated heterocycles. The highest BCUT2D eigenvalue weighted by atomic mass is 35.5. The van der Waals surface area contributed by atoms with Crippen LogP contribution in [0.5, 0.6) is 0 Å². The van der Waals surface area contributed by atoms with Gasteiger partial charge in [0.25, 0.3) is 0 Å². The zero-order chi connectivity index (χ0) is 11.5. The van der Waals surface area contributed by atoms with E-state index in [1.807, 2.05) is 30.3 Å². The third-order valence-corrected chi connectivity index (χ3v) is 2.40. The minimum absolute atomic E-state index is 0.0962. The number of nitro groups is 1. The van der Waals surface area contributed by atoms with Crippen LogP contribution in [-0.2, 0) is 0 Å². The summed E-state index contributed by atoms with van der Waals surface area (Å²) in [5.41, 5.74) is 1.32. The Morgan fingerprint density at radius 1 is 1.25 bits per heavy atom. The first-order valence-electron chi connectivity index (χ1n) is 4.54. The number of hydrogen-bond acceptors (Lipinski definition) is 3. The maximum Gasteiger partial charge on any atom is 0.306 e. The van der Waals surface area contributed by atoms with Gasteiger partial charge in [-0.05, 0) is 6.07 Å². The van der Waals surface area contributed by atoms with Crippen LogP contribution >= 0.6 is 11.6 Å². The molecule has 80 valence electrons. The monoisotopic (exact) mass is 234 g/mol. The lowest BCUT2D eigenvalue weighted by Gasteiger charge is -2.01. The van der Waals surface area contributed by atoms with Gasteiger partial charge in [-0.25, -0.2) is 4.98 Å². The Morgan fingerprint density at radius 3 is 2.50 bits per heavy atom. The van der Waals surface area contributed by atoms with Gasteiger partial charge in [0, 0.05) is 5.56 Å². The van der Waals surface area contributed by atoms with Gasteiger partial charge in [0.2, 0.25) is 0 Å². The number of halogens is 1. The maximum atomic E-state index is 10.6. The third-order valence-electron chi connectivity index (χ3n) is 2.10. The van der Waals surface area contributed by atoms with E-state index in [1.165, 1.54) is 12.3 Å². The lowest BCUT2D eigenvalue weighted by atomic mass is 10.1. The Balaban J connectivity index is 2.46. The molecule has 0 unspecified atom stereocenters. The van der Waals surface area contributed by atoms with Gasteiger partial charge in [0.15, 0.2) is 0 Å². The van der Waals surface area contributed by atoms with Crippen molar-refractivity contribution in [1.82, 2.24) is 4.98 Å². The number of benzene rings is 1. The maximum absolute atomic E-state index is 10.6. The van der Waals surface area contributed by atoms with Crippen molar-refractivity contribution < 1.29 is 4.92 Å². The molecule has 1 aromatic carbocycles. The summed E-state index contributed by atoms with van der Waals surface area (Å²) in [6.07, 6.45) is 1.17. The second kappa shape index (κ2) is 4.28. The first-order chi connectivity index (χ1) is 7.68. The SMILES string of the molecule is O=[N+]([O-])c1cnc(-c2ccccc2)cc1Cl. The van der Waals surface area contributed by atoms with E-state index in [-0.39, 0.29) is 10.7 Å². The van der Waals surface area contributed by atoms with Gasteiger partial charge >= 0.3 is 5.69 Å². The molecule has 0 atom stereocenters. The van der Waals surface area contributed by atoms with E-state index in [0.717, 1.165) is 5.56 Å². The Bertz CT molecular complexity index is 529. The standard InChI is InChI=1S/C11H7ClN2O2/c12-9-6-10(8-4-2-1-3-5-8)13-7-11(9)14(15)16/h1-7H. The molecule has 0 radical (unpaired) electrons. The summed E-state index contributed by atoms with van der Waals surface area (Å²) in [5, 5.41) is 10.6. The fourth-order valence-corrected chi connectivity index (χ4v) is 1.55. The predicted molar refractivity (Wildman–Crippen MR) is 61.3 cm³/mol. The summed E-state index contributed by atoms with van der Waals surface area (Å²) in [6.45, 7) is 0. The lowest BCUT2D eigenvalue weighted by molar-refractivity contribution is -0.385. The van der Waals surface area contributed by atoms with Gasteiger partial charge in [0.1, 0.15) is 11.2 Å². The van der Waals surface area contributed by atoms with Crippen LogP contribution in [0.3, 0.4) is 0 Å². The minimum atomic E-state index is -0.551. The Labute approximate surface area is 96.7 Å². The molecule has 16 heavy (non-hydrogen) atoms. The quantitative estimate of drug-likeness (QED) is 0.592. The van der Waals surface area contributed by atoms with Crippen molar-refractivity contribution in [2.45, 2.75) is 0 Å². The Hall–Kier alpha value is -1.94. The van der Waals surface area contributed by atoms with Crippen molar-refractivity contribution in [2.75, 3.05) is 0 Å². The normalized spacial score (nSPS) is 10.1. The molecule has 1 heterocycles. The number of aromatic nitrogens is 1. The number of hydrogen-bond donors (Lipinski definition) is 0. The molecule has 5 heteroatoms. The van der Waals surface area contributed by atoms with E-state index in [2.05, 4.69) is 4.98 Å². The van der Waals surface area contributed by atoms with Gasteiger partial charge in [-0.2, -0.15) is 0 Å². The second-order valence-corrected chi connectivity index (χ2v) is 3.55. The van der Waals surface area contributed by atoms with E-state index in [4.69, 9.17) is 11.6 Å². The van der Waals surface area contributed by atoms with E-state index in [1.54, 1.807) is 0 Å². The van der Waals surface area contributed by atoms with Gasteiger partial charge in [-0.1, -0.05) is 41.9 Å². The smallest absolute Gasteiger partial charge is 0.258 e. The molecular weight excluding hydrogens is 228 g/mol. The van der Waals surface area contributed by atoms with E-state index >= 15 is 0 Å². The summed E-state index contributed by atoms with van der Waals surface area (Å²) in [6, 6.07) is 10.8. The molecule has 2 rings (SSSR count). The summed E-state index contributed by atoms with van der Waals surface area (Å²) >= 11 is 5.79. The highest BCUT2D eigenvalue weighted by Gasteiger charge is 2.13. The molecule has 0 N–H and O–H groups in total. The average molecular weight is 235 g/mol. The predicted octanol–water partition coefficient (Wildman–Crippen LogP) is 3.31. The summed E-state index contributed by atoms with van der Waals surface area (Å²) < 4.78 is 0. The van der Waals surface area contributed by atoms with Crippen LogP contribution in [0.2, 0.25) is 5.02 Å². The van der Waals surface area contributed by atoms with Crippen molar-refractivity contribution in [3.05, 3.63) is 57.7 Å². The second-order valence-electron chi connectivity index (χ2n) is 3.14. The number of nitrogens with zero attached hydrogens (tertiary/aromatic N) is 2. The van der Waals surface area contributed by atoms with Gasteiger partial charge < -0.3 is 0 Å². The molecule has 0 aliphatic carbocycles. The molecule has 0 aliphatic heterocycles. The van der Waals surface area contributed by atoms with E-state index in [9.17, 15) is 10.1 Å². The molecule has 0 aliphatic rings. The van der Waals surface area contributed by atoms with Gasteiger partial charge in [0.05, 0.1) is 10.6 Å². The third kappa shape index (κ3) is 2.01. The van der Waals surface area contributed by atoms with Crippen LogP contribution in [-0.4, -0.2) is 9.91 Å². The van der Waals surface area contributed by atoms with Gasteiger partial charge in [-0.3, -0.25) is 10.1 Å². The van der Waals surface area contributed by atoms with Crippen molar-refractivity contribution in [3.8, 4) is 11.3 Å². The van der Waals surface area contributed by atoms with Crippen LogP contribution in [0, 0.1) is 10.1 Å². The lowest BCUT2D eigenvalue weighted by Crippen LogP contribution is -1.92.